The van der Waals surface area contributed by atoms with Crippen LogP contribution in [0.1, 0.15) is 74.9 Å². The summed E-state index contributed by atoms with van der Waals surface area (Å²) in [5, 5.41) is 16.2. The third-order valence-corrected chi connectivity index (χ3v) is 16.8. The summed E-state index contributed by atoms with van der Waals surface area (Å²) in [6.07, 6.45) is 2.60. The van der Waals surface area contributed by atoms with Gasteiger partial charge in [0.2, 0.25) is 0 Å². The van der Waals surface area contributed by atoms with Crippen molar-refractivity contribution in [1.82, 2.24) is 19.4 Å². The number of allylic oxidation sites excluding steroid dienone is 1. The van der Waals surface area contributed by atoms with E-state index in [9.17, 15) is 32.9 Å². The minimum Gasteiger partial charge on any atom is -0.461 e. The lowest BCUT2D eigenvalue weighted by molar-refractivity contribution is -0.384. The van der Waals surface area contributed by atoms with Gasteiger partial charge in [-0.3, -0.25) is 29.5 Å². The average molecular weight is 1110 g/mol. The number of carbonyl (C=O) groups is 3. The van der Waals surface area contributed by atoms with Gasteiger partial charge in [0.15, 0.2) is 0 Å². The van der Waals surface area contributed by atoms with Gasteiger partial charge in [-0.2, -0.15) is 0 Å². The fraction of sp³-hybridized carbons (Fsp3) is 0.397. The molecule has 1 aliphatic carbocycles. The zero-order valence-corrected chi connectivity index (χ0v) is 46.5. The number of nitrogens with zero attached hydrogens (tertiary/aromatic N) is 5. The number of esters is 1. The molecular weight excluding hydrogens is 1040 g/mol. The predicted octanol–water partition coefficient (Wildman–Crippen LogP) is 10.4. The molecule has 77 heavy (non-hydrogen) atoms. The number of amides is 2. The van der Waals surface area contributed by atoms with Gasteiger partial charge in [-0.15, -0.1) is 11.8 Å². The molecule has 0 aromatic heterocycles. The Bertz CT molecular complexity index is 3000. The van der Waals surface area contributed by atoms with Gasteiger partial charge >= 0.3 is 12.1 Å². The van der Waals surface area contributed by atoms with Crippen LogP contribution in [0.4, 0.5) is 21.9 Å². The number of halogens is 1. The zero-order chi connectivity index (χ0) is 54.7. The van der Waals surface area contributed by atoms with Crippen molar-refractivity contribution in [2.45, 2.75) is 81.4 Å². The molecule has 19 heteroatoms. The third-order valence-electron chi connectivity index (χ3n) is 14.1. The van der Waals surface area contributed by atoms with Gasteiger partial charge in [-0.05, 0) is 123 Å². The molecule has 0 spiro atoms. The molecule has 2 N–H and O–H groups in total. The lowest BCUT2D eigenvalue weighted by Crippen LogP contribution is -2.52. The fourth-order valence-corrected chi connectivity index (χ4v) is 12.2. The fourth-order valence-electron chi connectivity index (χ4n) is 10.1. The van der Waals surface area contributed by atoms with Gasteiger partial charge in [0.1, 0.15) is 17.9 Å². The van der Waals surface area contributed by atoms with Gasteiger partial charge in [0.05, 0.1) is 16.2 Å². The number of hydrogen-bond acceptors (Lipinski definition) is 14. The van der Waals surface area contributed by atoms with E-state index in [0.29, 0.717) is 23.9 Å². The SMILES string of the molecule is CC1(CN2CCN(C(=O)OC(C)(C)C)CC2)CCC(c2ccc(Cl)cc2)=C(CN2CCN(c3ccc(C(=O)NS(=O)(=O)c4ccc(NC(CSc5ccccc5)CC(=O)OCc5ccccc5)c([N+](=O)[O-])c4)cc3)CC2)C1. The van der Waals surface area contributed by atoms with Crippen LogP contribution >= 0.6 is 23.4 Å². The summed E-state index contributed by atoms with van der Waals surface area (Å²) in [4.78, 5) is 60.5. The van der Waals surface area contributed by atoms with Crippen molar-refractivity contribution in [3.05, 3.63) is 165 Å². The molecule has 2 fully saturated rings. The van der Waals surface area contributed by atoms with Crippen LogP contribution in [0.15, 0.2) is 143 Å². The second kappa shape index (κ2) is 25.4. The maximum absolute atomic E-state index is 13.6. The minimum absolute atomic E-state index is 0.00283. The Labute approximate surface area is 461 Å². The monoisotopic (exact) mass is 1110 g/mol. The normalized spacial score (nSPS) is 18.1. The van der Waals surface area contributed by atoms with Crippen molar-refractivity contribution in [3.8, 4) is 0 Å². The van der Waals surface area contributed by atoms with Crippen LogP contribution in [-0.2, 0) is 30.9 Å². The maximum atomic E-state index is 13.6. The predicted molar refractivity (Wildman–Crippen MR) is 303 cm³/mol. The van der Waals surface area contributed by atoms with E-state index >= 15 is 0 Å². The molecule has 2 atom stereocenters. The summed E-state index contributed by atoms with van der Waals surface area (Å²) < 4.78 is 40.5. The summed E-state index contributed by atoms with van der Waals surface area (Å²) >= 11 is 7.78. The highest BCUT2D eigenvalue weighted by molar-refractivity contribution is 7.99. The van der Waals surface area contributed by atoms with Gasteiger partial charge < -0.3 is 24.6 Å². The second-order valence-corrected chi connectivity index (χ2v) is 24.5. The number of sulfonamides is 1. The summed E-state index contributed by atoms with van der Waals surface area (Å²) in [5.41, 5.74) is 4.82. The molecule has 2 saturated heterocycles. The van der Waals surface area contributed by atoms with Crippen LogP contribution in [0.25, 0.3) is 5.57 Å². The lowest BCUT2D eigenvalue weighted by atomic mass is 9.71. The highest BCUT2D eigenvalue weighted by atomic mass is 35.5. The molecule has 5 aromatic rings. The van der Waals surface area contributed by atoms with Crippen molar-refractivity contribution < 1.29 is 37.2 Å². The van der Waals surface area contributed by atoms with E-state index in [1.807, 2.05) is 98.5 Å². The zero-order valence-electron chi connectivity index (χ0n) is 44.1. The Morgan fingerprint density at radius 3 is 2.13 bits per heavy atom. The highest BCUT2D eigenvalue weighted by Crippen LogP contribution is 2.44. The average Bonchev–Trinajstić information content (AvgIpc) is 3.40. The van der Waals surface area contributed by atoms with E-state index in [2.05, 4.69) is 43.8 Å². The van der Waals surface area contributed by atoms with Gasteiger partial charge in [0.25, 0.3) is 21.6 Å². The Morgan fingerprint density at radius 2 is 1.48 bits per heavy atom. The molecule has 408 valence electrons. The van der Waals surface area contributed by atoms with E-state index < -0.39 is 49.0 Å². The molecule has 2 heterocycles. The summed E-state index contributed by atoms with van der Waals surface area (Å²) in [6, 6.07) is 36.3. The summed E-state index contributed by atoms with van der Waals surface area (Å²) in [6.45, 7) is 15.9. The number of carbonyl (C=O) groups excluding carboxylic acids is 3. The topological polar surface area (TPSA) is 184 Å². The van der Waals surface area contributed by atoms with Crippen molar-refractivity contribution in [2.24, 2.45) is 5.41 Å². The molecule has 0 bridgehead atoms. The molecule has 3 aliphatic rings. The van der Waals surface area contributed by atoms with E-state index in [1.54, 1.807) is 24.3 Å². The Balaban J connectivity index is 0.867. The molecule has 0 radical (unpaired) electrons. The van der Waals surface area contributed by atoms with Crippen LogP contribution in [0.5, 0.6) is 0 Å². The highest BCUT2D eigenvalue weighted by Gasteiger charge is 2.36. The van der Waals surface area contributed by atoms with E-state index in [1.165, 1.54) is 40.6 Å². The van der Waals surface area contributed by atoms with Crippen LogP contribution < -0.4 is 14.9 Å². The molecule has 2 unspecified atom stereocenters. The number of benzene rings is 5. The molecule has 0 saturated carbocycles. The Hall–Kier alpha value is -6.44. The molecule has 5 aromatic carbocycles. The quantitative estimate of drug-likeness (QED) is 0.0345. The van der Waals surface area contributed by atoms with E-state index in [-0.39, 0.29) is 35.8 Å². The number of nitro benzene ring substituents is 1. The molecule has 2 aliphatic heterocycles. The van der Waals surface area contributed by atoms with Crippen LogP contribution in [-0.4, -0.2) is 129 Å². The van der Waals surface area contributed by atoms with Crippen molar-refractivity contribution in [2.75, 3.05) is 81.4 Å². The molecule has 8 rings (SSSR count). The molecule has 2 amide bonds. The number of nitrogens with one attached hydrogen (secondary N) is 2. The lowest BCUT2D eigenvalue weighted by Gasteiger charge is -2.44. The van der Waals surface area contributed by atoms with Gasteiger partial charge in [0, 0.05) is 104 Å². The van der Waals surface area contributed by atoms with Gasteiger partial charge in [-0.25, -0.2) is 17.9 Å². The van der Waals surface area contributed by atoms with E-state index in [0.717, 1.165) is 93.8 Å². The van der Waals surface area contributed by atoms with E-state index in [4.69, 9.17) is 21.1 Å². The minimum atomic E-state index is -4.56. The van der Waals surface area contributed by atoms with Crippen LogP contribution in [0.3, 0.4) is 0 Å². The number of anilines is 2. The first-order chi connectivity index (χ1) is 36.8. The number of nitro groups is 1. The largest absolute Gasteiger partial charge is 0.461 e. The third kappa shape index (κ3) is 16.1. The molecule has 16 nitrogen and oxygen atoms in total. The Morgan fingerprint density at radius 1 is 0.831 bits per heavy atom. The van der Waals surface area contributed by atoms with Crippen molar-refractivity contribution in [3.63, 3.8) is 0 Å². The first kappa shape index (κ1) is 56.8. The van der Waals surface area contributed by atoms with Crippen molar-refractivity contribution in [1.29, 1.82) is 0 Å². The smallest absolute Gasteiger partial charge is 0.410 e. The molecular formula is C58H68ClN7O9S2. The van der Waals surface area contributed by atoms with Crippen molar-refractivity contribution >= 4 is 74.0 Å². The first-order valence-corrected chi connectivity index (χ1v) is 28.9. The standard InChI is InChI=1S/C58H68ClN7O9S2/c1-57(2,3)75-56(69)65-33-29-63(30-34-65)41-58(4)26-25-51(43-15-19-46(59)20-16-43)45(37-58)38-62-27-31-64(32-28-62)48-21-17-44(18-22-48)55(68)61-77(72,73)50-23-24-52(53(36-50)66(70)71)60-47(40-76-49-13-9-6-10-14-49)35-54(67)74-39-42-11-7-5-8-12-42/h5-24,36,47,60H,25-35,37-41H2,1-4H3,(H,61,68). The van der Waals surface area contributed by atoms with Crippen LogP contribution in [0.2, 0.25) is 5.02 Å². The summed E-state index contributed by atoms with van der Waals surface area (Å²) in [7, 11) is -4.56. The Kier molecular flexibility index (Phi) is 18.7. The van der Waals surface area contributed by atoms with Crippen LogP contribution in [0, 0.1) is 15.5 Å². The van der Waals surface area contributed by atoms with Gasteiger partial charge in [-0.1, -0.05) is 84.8 Å². The number of ether oxygens (including phenoxy) is 2. The summed E-state index contributed by atoms with van der Waals surface area (Å²) in [5.74, 6) is -1.07. The second-order valence-electron chi connectivity index (χ2n) is 21.3. The number of piperazine rings is 2. The number of hydrogen-bond donors (Lipinski definition) is 2. The maximum Gasteiger partial charge on any atom is 0.410 e. The number of rotatable bonds is 19. The first-order valence-electron chi connectivity index (χ1n) is 26.0. The number of thioether (sulfide) groups is 1.